The predicted molar refractivity (Wildman–Crippen MR) is 159 cm³/mol. The summed E-state index contributed by atoms with van der Waals surface area (Å²) in [5.41, 5.74) is 2.96. The molecule has 0 aliphatic carbocycles. The molecule has 0 atom stereocenters. The smallest absolute Gasteiger partial charge is 0.414 e. The molecule has 0 radical (unpaired) electrons. The molecule has 0 bridgehead atoms. The zero-order valence-electron chi connectivity index (χ0n) is 23.2. The van der Waals surface area contributed by atoms with Crippen LogP contribution in [-0.4, -0.2) is 55.9 Å². The van der Waals surface area contributed by atoms with E-state index < -0.39 is 25.8 Å². The van der Waals surface area contributed by atoms with Gasteiger partial charge in [-0.25, -0.2) is 9.48 Å². The number of fused-ring (bicyclic) bond motifs is 1. The molecule has 1 aromatic heterocycles. The van der Waals surface area contributed by atoms with E-state index in [9.17, 15) is 14.9 Å². The van der Waals surface area contributed by atoms with E-state index in [1.54, 1.807) is 29.8 Å². The molecule has 0 spiro atoms. The first-order valence-electron chi connectivity index (χ1n) is 12.5. The number of carbonyl (C=O) groups excluding carboxylic acids is 2. The number of rotatable bonds is 12. The van der Waals surface area contributed by atoms with E-state index in [4.69, 9.17) is 37.4 Å². The Bertz CT molecular complexity index is 1480. The van der Waals surface area contributed by atoms with Crippen LogP contribution in [-0.2, 0) is 21.0 Å². The maximum atomic E-state index is 12.0. The van der Waals surface area contributed by atoms with Crippen molar-refractivity contribution in [2.75, 3.05) is 25.7 Å². The molecule has 3 rings (SSSR count). The molecule has 12 nitrogen and oxygen atoms in total. The number of nitrogens with zero attached hydrogens (tertiary/aromatic N) is 4. The Labute approximate surface area is 248 Å². The van der Waals surface area contributed by atoms with Crippen molar-refractivity contribution in [2.24, 2.45) is 5.10 Å². The minimum Gasteiger partial charge on any atom is -0.479 e. The van der Waals surface area contributed by atoms with Crippen molar-refractivity contribution in [3.8, 4) is 23.4 Å². The van der Waals surface area contributed by atoms with Crippen molar-refractivity contribution in [1.82, 2.24) is 15.1 Å². The van der Waals surface area contributed by atoms with Crippen molar-refractivity contribution >= 4 is 65.6 Å². The largest absolute Gasteiger partial charge is 0.479 e. The van der Waals surface area contributed by atoms with Crippen LogP contribution in [0.5, 0.6) is 17.4 Å². The molecule has 2 N–H and O–H groups in total. The molecule has 41 heavy (non-hydrogen) atoms. The van der Waals surface area contributed by atoms with E-state index in [1.807, 2.05) is 11.4 Å². The third-order valence-corrected chi connectivity index (χ3v) is 7.68. The van der Waals surface area contributed by atoms with Crippen LogP contribution >= 0.6 is 23.2 Å². The summed E-state index contributed by atoms with van der Waals surface area (Å²) in [6, 6.07) is 10.9. The topological polar surface area (TPSA) is 149 Å². The molecule has 0 saturated heterocycles. The van der Waals surface area contributed by atoms with Gasteiger partial charge >= 0.3 is 6.09 Å². The molecule has 0 aliphatic rings. The number of hydrazone groups is 1. The Hall–Kier alpha value is -3.83. The summed E-state index contributed by atoms with van der Waals surface area (Å²) in [4.78, 5) is 23.4. The lowest BCUT2D eigenvalue weighted by Gasteiger charge is -2.15. The minimum atomic E-state index is -1.20. The second kappa shape index (κ2) is 14.2. The molecular weight excluding hydrogens is 591 g/mol. The summed E-state index contributed by atoms with van der Waals surface area (Å²) in [6.07, 6.45) is -0.998. The van der Waals surface area contributed by atoms with Crippen LogP contribution in [0.3, 0.4) is 0 Å². The van der Waals surface area contributed by atoms with Gasteiger partial charge in [0.05, 0.1) is 40.4 Å². The van der Waals surface area contributed by atoms with E-state index in [2.05, 4.69) is 40.0 Å². The Balaban J connectivity index is 1.75. The van der Waals surface area contributed by atoms with E-state index in [-0.39, 0.29) is 34.8 Å². The van der Waals surface area contributed by atoms with Crippen LogP contribution in [0.15, 0.2) is 35.4 Å². The fourth-order valence-electron chi connectivity index (χ4n) is 3.38. The number of imide groups is 1. The van der Waals surface area contributed by atoms with Gasteiger partial charge in [0, 0.05) is 14.7 Å². The van der Waals surface area contributed by atoms with Gasteiger partial charge in [-0.15, -0.1) is 5.10 Å². The van der Waals surface area contributed by atoms with Crippen molar-refractivity contribution in [3.05, 3.63) is 40.4 Å². The highest BCUT2D eigenvalue weighted by molar-refractivity contribution is 6.76. The van der Waals surface area contributed by atoms with Gasteiger partial charge in [0.15, 0.2) is 5.75 Å². The van der Waals surface area contributed by atoms with Crippen LogP contribution < -0.4 is 20.2 Å². The molecule has 0 aliphatic heterocycles. The first-order valence-corrected chi connectivity index (χ1v) is 16.9. The summed E-state index contributed by atoms with van der Waals surface area (Å²) >= 11 is 12.9. The number of carbonyl (C=O) groups is 2. The number of nitrogens with one attached hydrogen (secondary N) is 2. The van der Waals surface area contributed by atoms with Gasteiger partial charge in [0.25, 0.3) is 5.91 Å². The zero-order chi connectivity index (χ0) is 30.2. The molecule has 3 aromatic rings. The first kappa shape index (κ1) is 31.7. The normalized spacial score (nSPS) is 11.6. The number of nitriles is 1. The Morgan fingerprint density at radius 3 is 2.49 bits per heavy atom. The van der Waals surface area contributed by atoms with Crippen molar-refractivity contribution < 1.29 is 28.5 Å². The maximum Gasteiger partial charge on any atom is 0.414 e. The Morgan fingerprint density at radius 1 is 1.17 bits per heavy atom. The summed E-state index contributed by atoms with van der Waals surface area (Å²) in [5, 5.41) is 20.3. The number of aromatic nitrogens is 2. The number of hydrogen-bond donors (Lipinski definition) is 2. The number of alkyl carbamates (subject to hydrolysis) is 1. The maximum absolute atomic E-state index is 12.0. The third kappa shape index (κ3) is 8.83. The third-order valence-electron chi connectivity index (χ3n) is 5.42. The second-order valence-corrected chi connectivity index (χ2v) is 16.2. The highest BCUT2D eigenvalue weighted by atomic mass is 35.5. The van der Waals surface area contributed by atoms with Crippen molar-refractivity contribution in [2.45, 2.75) is 39.3 Å². The van der Waals surface area contributed by atoms with E-state index in [1.165, 1.54) is 19.2 Å². The van der Waals surface area contributed by atoms with Crippen LogP contribution in [0.4, 0.5) is 10.5 Å². The summed E-state index contributed by atoms with van der Waals surface area (Å²) < 4.78 is 23.6. The highest BCUT2D eigenvalue weighted by Gasteiger charge is 2.18. The first-order chi connectivity index (χ1) is 19.4. The van der Waals surface area contributed by atoms with E-state index >= 15 is 0 Å². The molecule has 2 amide bonds. The highest BCUT2D eigenvalue weighted by Crippen LogP contribution is 2.40. The quantitative estimate of drug-likeness (QED) is 0.107. The second-order valence-electron chi connectivity index (χ2n) is 9.77. The van der Waals surface area contributed by atoms with E-state index in [0.29, 0.717) is 23.6 Å². The molecule has 1 heterocycles. The predicted octanol–water partition coefficient (Wildman–Crippen LogP) is 6.02. The van der Waals surface area contributed by atoms with Gasteiger partial charge in [-0.1, -0.05) is 42.8 Å². The SMILES string of the molecule is CCOC(=O)NC(=O)C(C#N)=NNc1cc(Cl)c(Oc2ccc3c(c2)c(OC)nn3COCC[Si](C)(C)C)c(Cl)c1. The fourth-order valence-corrected chi connectivity index (χ4v) is 4.70. The molecule has 0 fully saturated rings. The molecule has 218 valence electrons. The fraction of sp³-hybridized carbons (Fsp3) is 0.346. The van der Waals surface area contributed by atoms with Crippen LogP contribution in [0.2, 0.25) is 35.7 Å². The minimum absolute atomic E-state index is 0.0563. The number of benzene rings is 2. The lowest BCUT2D eigenvalue weighted by molar-refractivity contribution is -0.114. The number of halogens is 2. The standard InChI is InChI=1S/C26H30Cl2N6O6Si/c1-6-39-26(36)30-24(35)21(14-29)32-31-16-11-19(27)23(20(28)12-16)40-17-7-8-22-18(13-17)25(37-2)33-34(22)15-38-9-10-41(3,4)5/h7-8,11-13,31H,6,9-10,15H2,1-5H3,(H,30,35,36). The summed E-state index contributed by atoms with van der Waals surface area (Å²) in [7, 11) is 0.329. The molecule has 0 unspecified atom stereocenters. The van der Waals surface area contributed by atoms with Crippen molar-refractivity contribution in [3.63, 3.8) is 0 Å². The van der Waals surface area contributed by atoms with Gasteiger partial charge < -0.3 is 18.9 Å². The molecule has 15 heteroatoms. The molecular formula is C26H30Cl2N6O6Si. The van der Waals surface area contributed by atoms with Crippen LogP contribution in [0.25, 0.3) is 10.9 Å². The summed E-state index contributed by atoms with van der Waals surface area (Å²) in [5.74, 6) is -0.0271. The van der Waals surface area contributed by atoms with E-state index in [0.717, 1.165) is 11.6 Å². The van der Waals surface area contributed by atoms with Crippen LogP contribution in [0.1, 0.15) is 6.92 Å². The molecule has 2 aromatic carbocycles. The van der Waals surface area contributed by atoms with Gasteiger partial charge in [-0.2, -0.15) is 10.4 Å². The zero-order valence-corrected chi connectivity index (χ0v) is 25.7. The summed E-state index contributed by atoms with van der Waals surface area (Å²) in [6.45, 7) is 9.46. The number of hydrogen-bond acceptors (Lipinski definition) is 10. The Kier molecular flexibility index (Phi) is 11.0. The number of anilines is 1. The monoisotopic (exact) mass is 620 g/mol. The number of amides is 2. The lowest BCUT2D eigenvalue weighted by Crippen LogP contribution is -2.36. The average molecular weight is 622 g/mol. The number of methoxy groups -OCH3 is 1. The molecule has 0 saturated carbocycles. The van der Waals surface area contributed by atoms with Crippen LogP contribution in [0, 0.1) is 11.3 Å². The van der Waals surface area contributed by atoms with Gasteiger partial charge in [0.2, 0.25) is 11.6 Å². The average Bonchev–Trinajstić information content (AvgIpc) is 3.25. The van der Waals surface area contributed by atoms with Gasteiger partial charge in [-0.3, -0.25) is 15.5 Å². The van der Waals surface area contributed by atoms with Gasteiger partial charge in [-0.05, 0) is 43.3 Å². The lowest BCUT2D eigenvalue weighted by atomic mass is 10.2. The van der Waals surface area contributed by atoms with Gasteiger partial charge in [0.1, 0.15) is 18.5 Å². The van der Waals surface area contributed by atoms with Crippen molar-refractivity contribution in [1.29, 1.82) is 5.26 Å². The number of ether oxygens (including phenoxy) is 4. The Morgan fingerprint density at radius 2 is 1.88 bits per heavy atom.